The van der Waals surface area contributed by atoms with Gasteiger partial charge in [-0.15, -0.1) is 0 Å². The standard InChI is InChI=1S/C12H17NO2/c1-4-12(2,3)10-5-7-13(8-6-10)9-11(14)15/h5-8H,4,9H2,1-3H3/p+1. The van der Waals surface area contributed by atoms with Crippen LogP contribution in [0.5, 0.6) is 0 Å². The Hall–Kier alpha value is -1.38. The van der Waals surface area contributed by atoms with E-state index in [2.05, 4.69) is 20.8 Å². The van der Waals surface area contributed by atoms with Crippen molar-refractivity contribution in [2.75, 3.05) is 0 Å². The SMILES string of the molecule is CCC(C)(C)c1cc[n+](CC(=O)O)cc1. The second-order valence-electron chi connectivity index (χ2n) is 4.39. The highest BCUT2D eigenvalue weighted by Gasteiger charge is 2.19. The van der Waals surface area contributed by atoms with Gasteiger partial charge in [-0.25, -0.2) is 4.79 Å². The number of carboxylic acids is 1. The van der Waals surface area contributed by atoms with E-state index >= 15 is 0 Å². The maximum atomic E-state index is 10.5. The number of carbonyl (C=O) groups is 1. The van der Waals surface area contributed by atoms with E-state index in [9.17, 15) is 4.79 Å². The molecule has 82 valence electrons. The number of aliphatic carboxylic acids is 1. The first-order valence-corrected chi connectivity index (χ1v) is 5.17. The van der Waals surface area contributed by atoms with Gasteiger partial charge in [0.15, 0.2) is 12.4 Å². The van der Waals surface area contributed by atoms with Crippen molar-refractivity contribution in [2.24, 2.45) is 0 Å². The van der Waals surface area contributed by atoms with E-state index in [1.807, 2.05) is 24.5 Å². The number of carboxylic acid groups (broad SMARTS) is 1. The zero-order valence-electron chi connectivity index (χ0n) is 9.53. The minimum absolute atomic E-state index is 0.0207. The molecule has 1 N–H and O–H groups in total. The second-order valence-corrected chi connectivity index (χ2v) is 4.39. The normalized spacial score (nSPS) is 11.4. The summed E-state index contributed by atoms with van der Waals surface area (Å²) >= 11 is 0. The van der Waals surface area contributed by atoms with E-state index in [-0.39, 0.29) is 12.0 Å². The van der Waals surface area contributed by atoms with Crippen molar-refractivity contribution in [3.63, 3.8) is 0 Å². The fourth-order valence-corrected chi connectivity index (χ4v) is 1.37. The van der Waals surface area contributed by atoms with Crippen LogP contribution in [-0.2, 0) is 16.8 Å². The molecule has 0 spiro atoms. The van der Waals surface area contributed by atoms with Crippen LogP contribution in [0, 0.1) is 0 Å². The van der Waals surface area contributed by atoms with Crippen LogP contribution in [0.4, 0.5) is 0 Å². The Balaban J connectivity index is 2.85. The molecule has 1 aromatic rings. The highest BCUT2D eigenvalue weighted by molar-refractivity contribution is 5.64. The van der Waals surface area contributed by atoms with E-state index in [0.717, 1.165) is 6.42 Å². The Kier molecular flexibility index (Phi) is 3.45. The van der Waals surface area contributed by atoms with Gasteiger partial charge in [-0.1, -0.05) is 20.8 Å². The highest BCUT2D eigenvalue weighted by atomic mass is 16.4. The second kappa shape index (κ2) is 4.43. The van der Waals surface area contributed by atoms with Gasteiger partial charge in [-0.05, 0) is 17.4 Å². The van der Waals surface area contributed by atoms with Gasteiger partial charge in [0.2, 0.25) is 6.54 Å². The molecule has 0 aliphatic heterocycles. The predicted molar refractivity (Wildman–Crippen MR) is 57.6 cm³/mol. The van der Waals surface area contributed by atoms with Crippen LogP contribution in [0.15, 0.2) is 24.5 Å². The summed E-state index contributed by atoms with van der Waals surface area (Å²) in [5, 5.41) is 8.62. The molecular weight excluding hydrogens is 190 g/mol. The number of rotatable bonds is 4. The third kappa shape index (κ3) is 3.05. The van der Waals surface area contributed by atoms with Gasteiger partial charge in [-0.2, -0.15) is 4.57 Å². The topological polar surface area (TPSA) is 41.2 Å². The van der Waals surface area contributed by atoms with E-state index in [4.69, 9.17) is 5.11 Å². The number of aromatic nitrogens is 1. The zero-order chi connectivity index (χ0) is 11.5. The maximum Gasteiger partial charge on any atom is 0.370 e. The minimum Gasteiger partial charge on any atom is -0.477 e. The summed E-state index contributed by atoms with van der Waals surface area (Å²) < 4.78 is 1.66. The highest BCUT2D eigenvalue weighted by Crippen LogP contribution is 2.25. The first kappa shape index (κ1) is 11.7. The molecule has 3 heteroatoms. The van der Waals surface area contributed by atoms with Crippen LogP contribution in [-0.4, -0.2) is 11.1 Å². The molecule has 3 nitrogen and oxygen atoms in total. The number of pyridine rings is 1. The Morgan fingerprint density at radius 1 is 1.40 bits per heavy atom. The summed E-state index contributed by atoms with van der Waals surface area (Å²) in [5.41, 5.74) is 1.40. The molecule has 0 bridgehead atoms. The van der Waals surface area contributed by atoms with Crippen molar-refractivity contribution in [3.05, 3.63) is 30.1 Å². The fourth-order valence-electron chi connectivity index (χ4n) is 1.37. The van der Waals surface area contributed by atoms with E-state index < -0.39 is 5.97 Å². The third-order valence-electron chi connectivity index (χ3n) is 2.87. The van der Waals surface area contributed by atoms with Crippen LogP contribution in [0.3, 0.4) is 0 Å². The van der Waals surface area contributed by atoms with Crippen LogP contribution < -0.4 is 4.57 Å². The lowest BCUT2D eigenvalue weighted by molar-refractivity contribution is -0.685. The molecule has 0 atom stereocenters. The van der Waals surface area contributed by atoms with Gasteiger partial charge in [0.1, 0.15) is 0 Å². The monoisotopic (exact) mass is 208 g/mol. The Morgan fingerprint density at radius 2 is 1.93 bits per heavy atom. The average Bonchev–Trinajstić information content (AvgIpc) is 2.18. The molecule has 0 fully saturated rings. The van der Waals surface area contributed by atoms with Crippen molar-refractivity contribution >= 4 is 5.97 Å². The van der Waals surface area contributed by atoms with Gasteiger partial charge in [-0.3, -0.25) is 0 Å². The smallest absolute Gasteiger partial charge is 0.370 e. The van der Waals surface area contributed by atoms with Gasteiger partial charge in [0, 0.05) is 12.1 Å². The lowest BCUT2D eigenvalue weighted by atomic mass is 9.83. The molecule has 15 heavy (non-hydrogen) atoms. The van der Waals surface area contributed by atoms with Crippen molar-refractivity contribution in [2.45, 2.75) is 39.2 Å². The van der Waals surface area contributed by atoms with E-state index in [1.54, 1.807) is 4.57 Å². The average molecular weight is 208 g/mol. The summed E-state index contributed by atoms with van der Waals surface area (Å²) in [7, 11) is 0. The summed E-state index contributed by atoms with van der Waals surface area (Å²) in [6, 6.07) is 3.98. The van der Waals surface area contributed by atoms with Gasteiger partial charge < -0.3 is 5.11 Å². The molecular formula is C12H18NO2+. The van der Waals surface area contributed by atoms with Crippen LogP contribution >= 0.6 is 0 Å². The number of nitrogens with zero attached hydrogens (tertiary/aromatic N) is 1. The molecule has 1 rings (SSSR count). The number of hydrogen-bond acceptors (Lipinski definition) is 1. The predicted octanol–water partition coefficient (Wildman–Crippen LogP) is 1.75. The minimum atomic E-state index is -0.817. The molecule has 0 radical (unpaired) electrons. The lowest BCUT2D eigenvalue weighted by Crippen LogP contribution is -2.37. The molecule has 0 saturated carbocycles. The van der Waals surface area contributed by atoms with Crippen molar-refractivity contribution in [3.8, 4) is 0 Å². The molecule has 1 heterocycles. The van der Waals surface area contributed by atoms with E-state index in [1.165, 1.54) is 5.56 Å². The van der Waals surface area contributed by atoms with Crippen LogP contribution in [0.1, 0.15) is 32.8 Å². The maximum absolute atomic E-state index is 10.5. The van der Waals surface area contributed by atoms with Crippen LogP contribution in [0.25, 0.3) is 0 Å². The van der Waals surface area contributed by atoms with Crippen LogP contribution in [0.2, 0.25) is 0 Å². The largest absolute Gasteiger partial charge is 0.477 e. The van der Waals surface area contributed by atoms with Crippen molar-refractivity contribution in [1.82, 2.24) is 0 Å². The fraction of sp³-hybridized carbons (Fsp3) is 0.500. The summed E-state index contributed by atoms with van der Waals surface area (Å²) in [5.74, 6) is -0.817. The molecule has 0 saturated heterocycles. The Morgan fingerprint density at radius 3 is 2.33 bits per heavy atom. The Labute approximate surface area is 90.4 Å². The first-order chi connectivity index (χ1) is 6.95. The summed E-state index contributed by atoms with van der Waals surface area (Å²) in [6.45, 7) is 6.54. The molecule has 0 amide bonds. The van der Waals surface area contributed by atoms with Crippen molar-refractivity contribution in [1.29, 1.82) is 0 Å². The molecule has 0 aliphatic rings. The first-order valence-electron chi connectivity index (χ1n) is 5.17. The molecule has 0 aliphatic carbocycles. The Bertz CT molecular complexity index is 341. The molecule has 1 aromatic heterocycles. The number of hydrogen-bond donors (Lipinski definition) is 1. The van der Waals surface area contributed by atoms with Gasteiger partial charge in [0.05, 0.1) is 0 Å². The third-order valence-corrected chi connectivity index (χ3v) is 2.87. The summed E-state index contributed by atoms with van der Waals surface area (Å²) in [6.07, 6.45) is 4.71. The summed E-state index contributed by atoms with van der Waals surface area (Å²) in [4.78, 5) is 10.5. The van der Waals surface area contributed by atoms with Crippen molar-refractivity contribution < 1.29 is 14.5 Å². The van der Waals surface area contributed by atoms with E-state index in [0.29, 0.717) is 0 Å². The zero-order valence-corrected chi connectivity index (χ0v) is 9.53. The quantitative estimate of drug-likeness (QED) is 0.766. The van der Waals surface area contributed by atoms with Gasteiger partial charge in [0.25, 0.3) is 0 Å². The molecule has 0 unspecified atom stereocenters. The van der Waals surface area contributed by atoms with Gasteiger partial charge >= 0.3 is 5.97 Å². The molecule has 0 aromatic carbocycles. The lowest BCUT2D eigenvalue weighted by Gasteiger charge is -2.22.